The highest BCUT2D eigenvalue weighted by Gasteiger charge is 2.22. The normalized spacial score (nSPS) is 15.6. The van der Waals surface area contributed by atoms with Gasteiger partial charge in [0.05, 0.1) is 11.0 Å². The molecule has 0 bridgehead atoms. The first-order valence-corrected chi connectivity index (χ1v) is 6.93. The minimum Gasteiger partial charge on any atom is -0.481 e. The molecule has 2 aromatic rings. The SMILES string of the molecule is O=C(O)CCCc1ccc2nc(C3CCC3)[nH]c2c1. The van der Waals surface area contributed by atoms with Gasteiger partial charge in [0, 0.05) is 12.3 Å². The van der Waals surface area contributed by atoms with Crippen LogP contribution in [0.4, 0.5) is 0 Å². The molecule has 1 saturated carbocycles. The summed E-state index contributed by atoms with van der Waals surface area (Å²) in [5, 5.41) is 8.65. The van der Waals surface area contributed by atoms with Gasteiger partial charge in [0.1, 0.15) is 5.82 Å². The second kappa shape index (κ2) is 5.03. The summed E-state index contributed by atoms with van der Waals surface area (Å²) in [6.45, 7) is 0. The lowest BCUT2D eigenvalue weighted by molar-refractivity contribution is -0.137. The molecule has 3 rings (SSSR count). The number of carboxylic acids is 1. The number of fused-ring (bicyclic) bond motifs is 1. The number of aryl methyl sites for hydroxylation is 1. The molecule has 4 heteroatoms. The van der Waals surface area contributed by atoms with Crippen LogP contribution in [0.15, 0.2) is 18.2 Å². The molecule has 1 aromatic carbocycles. The summed E-state index contributed by atoms with van der Waals surface area (Å²) in [6, 6.07) is 6.19. The highest BCUT2D eigenvalue weighted by Crippen LogP contribution is 2.35. The number of hydrogen-bond donors (Lipinski definition) is 2. The molecular formula is C15H18N2O2. The van der Waals surface area contributed by atoms with E-state index in [0.29, 0.717) is 12.3 Å². The molecule has 2 N–H and O–H groups in total. The van der Waals surface area contributed by atoms with E-state index in [4.69, 9.17) is 5.11 Å². The van der Waals surface area contributed by atoms with E-state index in [1.165, 1.54) is 24.8 Å². The molecule has 1 heterocycles. The molecule has 1 aromatic heterocycles. The first kappa shape index (κ1) is 12.2. The second-order valence-corrected chi connectivity index (χ2v) is 5.35. The lowest BCUT2D eigenvalue weighted by Crippen LogP contribution is -2.10. The standard InChI is InChI=1S/C15H18N2O2/c18-14(19)6-1-3-10-7-8-12-13(9-10)17-15(16-12)11-4-2-5-11/h7-9,11H,1-6H2,(H,16,17)(H,18,19). The van der Waals surface area contributed by atoms with Crippen LogP contribution in [-0.2, 0) is 11.2 Å². The van der Waals surface area contributed by atoms with Crippen molar-refractivity contribution in [2.24, 2.45) is 0 Å². The Hall–Kier alpha value is -1.84. The van der Waals surface area contributed by atoms with Gasteiger partial charge >= 0.3 is 5.97 Å². The van der Waals surface area contributed by atoms with Crippen LogP contribution in [0.5, 0.6) is 0 Å². The first-order chi connectivity index (χ1) is 9.22. The van der Waals surface area contributed by atoms with Crippen LogP contribution >= 0.6 is 0 Å². The third-order valence-electron chi connectivity index (χ3n) is 3.91. The molecule has 0 spiro atoms. The summed E-state index contributed by atoms with van der Waals surface area (Å²) < 4.78 is 0. The number of carboxylic acid groups (broad SMARTS) is 1. The molecule has 0 amide bonds. The zero-order valence-electron chi connectivity index (χ0n) is 10.9. The van der Waals surface area contributed by atoms with E-state index >= 15 is 0 Å². The highest BCUT2D eigenvalue weighted by molar-refractivity contribution is 5.76. The van der Waals surface area contributed by atoms with Crippen LogP contribution in [0.1, 0.15) is 49.4 Å². The summed E-state index contributed by atoms with van der Waals surface area (Å²) in [7, 11) is 0. The van der Waals surface area contributed by atoms with Crippen molar-refractivity contribution in [1.82, 2.24) is 9.97 Å². The van der Waals surface area contributed by atoms with Crippen molar-refractivity contribution < 1.29 is 9.90 Å². The molecule has 0 saturated heterocycles. The van der Waals surface area contributed by atoms with Gasteiger partial charge in [0.2, 0.25) is 0 Å². The van der Waals surface area contributed by atoms with Crippen molar-refractivity contribution in [2.45, 2.75) is 44.4 Å². The topological polar surface area (TPSA) is 66.0 Å². The minimum absolute atomic E-state index is 0.230. The molecule has 1 aliphatic rings. The predicted octanol–water partition coefficient (Wildman–Crippen LogP) is 3.24. The number of benzene rings is 1. The third kappa shape index (κ3) is 2.62. The highest BCUT2D eigenvalue weighted by atomic mass is 16.4. The fraction of sp³-hybridized carbons (Fsp3) is 0.467. The van der Waals surface area contributed by atoms with Crippen molar-refractivity contribution in [3.8, 4) is 0 Å². The zero-order chi connectivity index (χ0) is 13.2. The number of nitrogens with one attached hydrogen (secondary N) is 1. The van der Waals surface area contributed by atoms with Crippen molar-refractivity contribution >= 4 is 17.0 Å². The molecule has 19 heavy (non-hydrogen) atoms. The summed E-state index contributed by atoms with van der Waals surface area (Å²) in [4.78, 5) is 18.5. The Morgan fingerprint density at radius 3 is 2.95 bits per heavy atom. The molecule has 1 fully saturated rings. The molecule has 0 radical (unpaired) electrons. The Kier molecular flexibility index (Phi) is 3.23. The molecule has 1 aliphatic carbocycles. The lowest BCUT2D eigenvalue weighted by Gasteiger charge is -2.22. The second-order valence-electron chi connectivity index (χ2n) is 5.35. The Labute approximate surface area is 111 Å². The van der Waals surface area contributed by atoms with Crippen LogP contribution < -0.4 is 0 Å². The van der Waals surface area contributed by atoms with Crippen LogP contribution in [0.25, 0.3) is 11.0 Å². The van der Waals surface area contributed by atoms with Crippen LogP contribution in [0.3, 0.4) is 0 Å². The van der Waals surface area contributed by atoms with Gasteiger partial charge in [-0.05, 0) is 43.4 Å². The molecule has 0 aliphatic heterocycles. The van der Waals surface area contributed by atoms with E-state index in [1.807, 2.05) is 6.07 Å². The summed E-state index contributed by atoms with van der Waals surface area (Å²) in [5.74, 6) is 1.00. The maximum atomic E-state index is 10.5. The smallest absolute Gasteiger partial charge is 0.303 e. The molecule has 0 atom stereocenters. The maximum Gasteiger partial charge on any atom is 0.303 e. The van der Waals surface area contributed by atoms with Crippen LogP contribution in [-0.4, -0.2) is 21.0 Å². The number of aliphatic carboxylic acids is 1. The predicted molar refractivity (Wildman–Crippen MR) is 73.3 cm³/mol. The Morgan fingerprint density at radius 1 is 1.42 bits per heavy atom. The van der Waals surface area contributed by atoms with E-state index in [-0.39, 0.29) is 6.42 Å². The lowest BCUT2D eigenvalue weighted by atomic mass is 9.85. The number of carbonyl (C=O) groups is 1. The Morgan fingerprint density at radius 2 is 2.26 bits per heavy atom. The fourth-order valence-corrected chi connectivity index (χ4v) is 2.55. The van der Waals surface area contributed by atoms with Crippen molar-refractivity contribution in [2.75, 3.05) is 0 Å². The van der Waals surface area contributed by atoms with Crippen molar-refractivity contribution in [3.05, 3.63) is 29.6 Å². The number of rotatable bonds is 5. The van der Waals surface area contributed by atoms with Gasteiger partial charge in [0.15, 0.2) is 0 Å². The molecule has 4 nitrogen and oxygen atoms in total. The zero-order valence-corrected chi connectivity index (χ0v) is 10.9. The number of nitrogens with zero attached hydrogens (tertiary/aromatic N) is 1. The van der Waals surface area contributed by atoms with E-state index in [2.05, 4.69) is 22.1 Å². The van der Waals surface area contributed by atoms with Gasteiger partial charge in [-0.2, -0.15) is 0 Å². The number of aromatic amines is 1. The van der Waals surface area contributed by atoms with E-state index in [9.17, 15) is 4.79 Å². The van der Waals surface area contributed by atoms with Gasteiger partial charge in [-0.1, -0.05) is 12.5 Å². The first-order valence-electron chi connectivity index (χ1n) is 6.93. The van der Waals surface area contributed by atoms with Gasteiger partial charge < -0.3 is 10.1 Å². The van der Waals surface area contributed by atoms with Gasteiger partial charge in [0.25, 0.3) is 0 Å². The molecule has 0 unspecified atom stereocenters. The average Bonchev–Trinajstić information content (AvgIpc) is 2.68. The van der Waals surface area contributed by atoms with Crippen LogP contribution in [0, 0.1) is 0 Å². The summed E-state index contributed by atoms with van der Waals surface area (Å²) >= 11 is 0. The van der Waals surface area contributed by atoms with E-state index in [1.54, 1.807) is 0 Å². The Balaban J connectivity index is 1.74. The summed E-state index contributed by atoms with van der Waals surface area (Å²) in [6.07, 6.45) is 5.51. The molecular weight excluding hydrogens is 240 g/mol. The van der Waals surface area contributed by atoms with Crippen LogP contribution in [0.2, 0.25) is 0 Å². The Bertz CT molecular complexity index is 599. The van der Waals surface area contributed by atoms with E-state index < -0.39 is 5.97 Å². The number of imidazole rings is 1. The summed E-state index contributed by atoms with van der Waals surface area (Å²) in [5.41, 5.74) is 3.27. The maximum absolute atomic E-state index is 10.5. The van der Waals surface area contributed by atoms with E-state index in [0.717, 1.165) is 23.3 Å². The quantitative estimate of drug-likeness (QED) is 0.865. The largest absolute Gasteiger partial charge is 0.481 e. The van der Waals surface area contributed by atoms with Gasteiger partial charge in [-0.15, -0.1) is 0 Å². The minimum atomic E-state index is -0.727. The average molecular weight is 258 g/mol. The van der Waals surface area contributed by atoms with Gasteiger partial charge in [-0.25, -0.2) is 4.98 Å². The number of H-pyrrole nitrogens is 1. The number of aromatic nitrogens is 2. The third-order valence-corrected chi connectivity index (χ3v) is 3.91. The fourth-order valence-electron chi connectivity index (χ4n) is 2.55. The van der Waals surface area contributed by atoms with Gasteiger partial charge in [-0.3, -0.25) is 4.79 Å². The molecule has 100 valence electrons. The monoisotopic (exact) mass is 258 g/mol. The van der Waals surface area contributed by atoms with Crippen molar-refractivity contribution in [1.29, 1.82) is 0 Å². The van der Waals surface area contributed by atoms with Crippen molar-refractivity contribution in [3.63, 3.8) is 0 Å². The number of hydrogen-bond acceptors (Lipinski definition) is 2.